The van der Waals surface area contributed by atoms with Crippen molar-refractivity contribution in [3.05, 3.63) is 71.8 Å². The van der Waals surface area contributed by atoms with E-state index in [0.717, 1.165) is 19.5 Å². The van der Waals surface area contributed by atoms with Gasteiger partial charge in [-0.2, -0.15) is 0 Å². The molecular formula is C19H24IN3. The summed E-state index contributed by atoms with van der Waals surface area (Å²) in [7, 11) is 0. The van der Waals surface area contributed by atoms with Gasteiger partial charge in [-0.3, -0.25) is 4.99 Å². The third-order valence-electron chi connectivity index (χ3n) is 4.35. The van der Waals surface area contributed by atoms with E-state index in [1.54, 1.807) is 0 Å². The first-order valence-corrected chi connectivity index (χ1v) is 7.92. The van der Waals surface area contributed by atoms with Crippen molar-refractivity contribution in [3.8, 4) is 0 Å². The Balaban J connectivity index is 0.00000192. The van der Waals surface area contributed by atoms with Gasteiger partial charge in [0.25, 0.3) is 0 Å². The summed E-state index contributed by atoms with van der Waals surface area (Å²) in [5, 5.41) is 3.21. The van der Waals surface area contributed by atoms with Gasteiger partial charge in [0.05, 0.1) is 6.54 Å². The highest BCUT2D eigenvalue weighted by Gasteiger charge is 2.43. The lowest BCUT2D eigenvalue weighted by Gasteiger charge is -2.13. The van der Waals surface area contributed by atoms with Gasteiger partial charge in [0.2, 0.25) is 0 Å². The van der Waals surface area contributed by atoms with Crippen molar-refractivity contribution in [1.82, 2.24) is 5.32 Å². The molecule has 2 aromatic rings. The molecule has 0 atom stereocenters. The van der Waals surface area contributed by atoms with Crippen LogP contribution >= 0.6 is 24.0 Å². The molecule has 122 valence electrons. The molecule has 0 amide bonds. The number of nitrogens with one attached hydrogen (secondary N) is 1. The van der Waals surface area contributed by atoms with Gasteiger partial charge < -0.3 is 11.1 Å². The van der Waals surface area contributed by atoms with Crippen molar-refractivity contribution in [1.29, 1.82) is 0 Å². The smallest absolute Gasteiger partial charge is 0.188 e. The van der Waals surface area contributed by atoms with Crippen LogP contribution in [0.3, 0.4) is 0 Å². The van der Waals surface area contributed by atoms with Gasteiger partial charge in [-0.1, -0.05) is 60.7 Å². The molecule has 0 unspecified atom stereocenters. The molecule has 0 heterocycles. The lowest BCUT2D eigenvalue weighted by atomic mass is 9.96. The van der Waals surface area contributed by atoms with Crippen LogP contribution in [0.5, 0.6) is 0 Å². The van der Waals surface area contributed by atoms with E-state index in [4.69, 9.17) is 5.73 Å². The number of hydrogen-bond acceptors (Lipinski definition) is 1. The highest BCUT2D eigenvalue weighted by molar-refractivity contribution is 14.0. The fourth-order valence-electron chi connectivity index (χ4n) is 2.75. The lowest BCUT2D eigenvalue weighted by molar-refractivity contribution is 0.699. The molecule has 3 N–H and O–H groups in total. The molecule has 1 saturated carbocycles. The van der Waals surface area contributed by atoms with Gasteiger partial charge in [-0.05, 0) is 30.4 Å². The van der Waals surface area contributed by atoms with Gasteiger partial charge in [0.15, 0.2) is 5.96 Å². The molecule has 0 aliphatic heterocycles. The van der Waals surface area contributed by atoms with Crippen LogP contribution in [0.25, 0.3) is 0 Å². The zero-order valence-electron chi connectivity index (χ0n) is 13.2. The van der Waals surface area contributed by atoms with Crippen molar-refractivity contribution < 1.29 is 0 Å². The summed E-state index contributed by atoms with van der Waals surface area (Å²) in [6.07, 6.45) is 3.37. The normalized spacial score (nSPS) is 15.6. The quantitative estimate of drug-likeness (QED) is 0.426. The van der Waals surface area contributed by atoms with Crippen LogP contribution in [-0.4, -0.2) is 19.0 Å². The van der Waals surface area contributed by atoms with Gasteiger partial charge in [-0.25, -0.2) is 0 Å². The number of aliphatic imine (C=N–C) groups is 1. The second-order valence-corrected chi connectivity index (χ2v) is 6.01. The second kappa shape index (κ2) is 8.34. The molecule has 0 spiro atoms. The molecule has 1 fully saturated rings. The van der Waals surface area contributed by atoms with Crippen LogP contribution in [0.1, 0.15) is 24.0 Å². The highest BCUT2D eigenvalue weighted by Crippen LogP contribution is 2.48. The van der Waals surface area contributed by atoms with Gasteiger partial charge in [-0.15, -0.1) is 24.0 Å². The molecule has 1 aliphatic carbocycles. The summed E-state index contributed by atoms with van der Waals surface area (Å²) in [6, 6.07) is 21.1. The maximum absolute atomic E-state index is 5.99. The van der Waals surface area contributed by atoms with Crippen molar-refractivity contribution in [2.24, 2.45) is 10.7 Å². The van der Waals surface area contributed by atoms with Crippen LogP contribution in [0.2, 0.25) is 0 Å². The van der Waals surface area contributed by atoms with Crippen molar-refractivity contribution >= 4 is 29.9 Å². The summed E-state index contributed by atoms with van der Waals surface area (Å²) in [4.78, 5) is 4.55. The summed E-state index contributed by atoms with van der Waals surface area (Å²) in [5.74, 6) is 0.554. The first-order chi connectivity index (χ1) is 10.8. The third-order valence-corrected chi connectivity index (χ3v) is 4.35. The minimum atomic E-state index is 0. The van der Waals surface area contributed by atoms with Gasteiger partial charge in [0.1, 0.15) is 0 Å². The molecule has 23 heavy (non-hydrogen) atoms. The number of nitrogens with two attached hydrogens (primary N) is 1. The monoisotopic (exact) mass is 421 g/mol. The molecule has 4 heteroatoms. The fraction of sp³-hybridized carbons (Fsp3) is 0.316. The molecule has 0 saturated heterocycles. The van der Waals surface area contributed by atoms with E-state index in [1.165, 1.54) is 24.0 Å². The fourth-order valence-corrected chi connectivity index (χ4v) is 2.75. The number of guanidine groups is 1. The van der Waals surface area contributed by atoms with E-state index in [-0.39, 0.29) is 29.4 Å². The van der Waals surface area contributed by atoms with Crippen LogP contribution in [0, 0.1) is 0 Å². The molecule has 1 aliphatic rings. The molecule has 3 nitrogen and oxygen atoms in total. The summed E-state index contributed by atoms with van der Waals surface area (Å²) >= 11 is 0. The maximum atomic E-state index is 5.99. The molecule has 2 aromatic carbocycles. The predicted molar refractivity (Wildman–Crippen MR) is 107 cm³/mol. The maximum Gasteiger partial charge on any atom is 0.188 e. The Bertz CT molecular complexity index is 622. The van der Waals surface area contributed by atoms with E-state index in [1.807, 2.05) is 6.07 Å². The Morgan fingerprint density at radius 3 is 2.22 bits per heavy atom. The SMILES string of the molecule is I.NC(=NCC1(c2ccccc2)CC1)NCCc1ccccc1. The lowest BCUT2D eigenvalue weighted by Crippen LogP contribution is -2.34. The number of halogens is 1. The first-order valence-electron chi connectivity index (χ1n) is 7.92. The summed E-state index contributed by atoms with van der Waals surface area (Å²) in [6.45, 7) is 1.60. The Labute approximate surface area is 155 Å². The Hall–Kier alpha value is -1.56. The molecular weight excluding hydrogens is 397 g/mol. The molecule has 0 aromatic heterocycles. The number of benzene rings is 2. The molecule has 0 radical (unpaired) electrons. The molecule has 0 bridgehead atoms. The van der Waals surface area contributed by atoms with Gasteiger partial charge in [0, 0.05) is 12.0 Å². The highest BCUT2D eigenvalue weighted by atomic mass is 127. The predicted octanol–water partition coefficient (Wildman–Crippen LogP) is 3.48. The average molecular weight is 421 g/mol. The van der Waals surface area contributed by atoms with Crippen molar-refractivity contribution in [2.75, 3.05) is 13.1 Å². The van der Waals surface area contributed by atoms with Crippen molar-refractivity contribution in [3.63, 3.8) is 0 Å². The second-order valence-electron chi connectivity index (χ2n) is 6.01. The third kappa shape index (κ3) is 4.96. The van der Waals surface area contributed by atoms with Gasteiger partial charge >= 0.3 is 0 Å². The summed E-state index contributed by atoms with van der Waals surface area (Å²) in [5.41, 5.74) is 8.91. The molecule has 3 rings (SSSR count). The van der Waals surface area contributed by atoms with Crippen LogP contribution in [0.15, 0.2) is 65.7 Å². The topological polar surface area (TPSA) is 50.4 Å². The number of nitrogens with zero attached hydrogens (tertiary/aromatic N) is 1. The largest absolute Gasteiger partial charge is 0.370 e. The Morgan fingerprint density at radius 1 is 1.00 bits per heavy atom. The van der Waals surface area contributed by atoms with Crippen LogP contribution in [0.4, 0.5) is 0 Å². The van der Waals surface area contributed by atoms with E-state index in [9.17, 15) is 0 Å². The van der Waals surface area contributed by atoms with E-state index < -0.39 is 0 Å². The zero-order chi connectivity index (χ0) is 15.3. The summed E-state index contributed by atoms with van der Waals surface area (Å²) < 4.78 is 0. The van der Waals surface area contributed by atoms with Crippen LogP contribution < -0.4 is 11.1 Å². The van der Waals surface area contributed by atoms with E-state index in [2.05, 4.69) is 64.9 Å². The zero-order valence-corrected chi connectivity index (χ0v) is 15.6. The van der Waals surface area contributed by atoms with E-state index in [0.29, 0.717) is 5.96 Å². The van der Waals surface area contributed by atoms with E-state index >= 15 is 0 Å². The van der Waals surface area contributed by atoms with Crippen LogP contribution in [-0.2, 0) is 11.8 Å². The Morgan fingerprint density at radius 2 is 1.61 bits per heavy atom. The number of hydrogen-bond donors (Lipinski definition) is 2. The average Bonchev–Trinajstić information content (AvgIpc) is 3.36. The first kappa shape index (κ1) is 17.8. The minimum Gasteiger partial charge on any atom is -0.370 e. The van der Waals surface area contributed by atoms with Crippen molar-refractivity contribution in [2.45, 2.75) is 24.7 Å². The Kier molecular flexibility index (Phi) is 6.45. The number of rotatable bonds is 6. The standard InChI is InChI=1S/C19H23N3.HI/c20-18(21-14-11-16-7-3-1-4-8-16)22-15-19(12-13-19)17-9-5-2-6-10-17;/h1-10H,11-15H2,(H3,20,21,22);1H. The minimum absolute atomic E-state index is 0.